The number of hydrogen-bond acceptors (Lipinski definition) is 5. The van der Waals surface area contributed by atoms with E-state index < -0.39 is 34.5 Å². The molecular formula is C19H23F2N3O4. The van der Waals surface area contributed by atoms with Crippen molar-refractivity contribution in [3.63, 3.8) is 0 Å². The quantitative estimate of drug-likeness (QED) is 0.773. The van der Waals surface area contributed by atoms with Crippen molar-refractivity contribution >= 4 is 22.7 Å². The van der Waals surface area contributed by atoms with Crippen LogP contribution in [0.15, 0.2) is 17.1 Å². The van der Waals surface area contributed by atoms with Gasteiger partial charge in [0.25, 0.3) is 0 Å². The Hall–Kier alpha value is -2.68. The average Bonchev–Trinajstić information content (AvgIpc) is 3.07. The van der Waals surface area contributed by atoms with Crippen molar-refractivity contribution in [1.29, 1.82) is 0 Å². The summed E-state index contributed by atoms with van der Waals surface area (Å²) in [7, 11) is 0. The van der Waals surface area contributed by atoms with Crippen molar-refractivity contribution in [3.8, 4) is 5.75 Å². The standard InChI is InChI=1S/C19H23F2N3O4/c1-4-23-9-13(28-18(26)27)17(25)11-7-12(20)16(14(21)15(11)23)24-6-5-10(8-24)19(2,3)22/h7,9-10H,4-6,8,22H2,1-3H3,(H,26,27). The number of fused-ring (bicyclic) bond motifs is 1. The van der Waals surface area contributed by atoms with E-state index in [1.165, 1.54) is 4.57 Å². The Balaban J connectivity index is 2.18. The first-order valence-corrected chi connectivity index (χ1v) is 9.04. The van der Waals surface area contributed by atoms with Crippen LogP contribution in [0.4, 0.5) is 19.3 Å². The molecule has 3 rings (SSSR count). The number of carbonyl (C=O) groups is 1. The molecule has 152 valence electrons. The lowest BCUT2D eigenvalue weighted by Gasteiger charge is -2.28. The minimum atomic E-state index is -1.68. The van der Waals surface area contributed by atoms with Crippen molar-refractivity contribution in [1.82, 2.24) is 4.57 Å². The molecule has 1 aliphatic heterocycles. The third-order valence-corrected chi connectivity index (χ3v) is 5.29. The molecule has 28 heavy (non-hydrogen) atoms. The Labute approximate surface area is 160 Å². The van der Waals surface area contributed by atoms with Gasteiger partial charge in [0.05, 0.1) is 17.1 Å². The molecule has 1 atom stereocenters. The van der Waals surface area contributed by atoms with Gasteiger partial charge in [0.15, 0.2) is 11.6 Å². The molecule has 0 aliphatic carbocycles. The topological polar surface area (TPSA) is 97.8 Å². The zero-order valence-electron chi connectivity index (χ0n) is 16.0. The van der Waals surface area contributed by atoms with Crippen LogP contribution in [-0.2, 0) is 6.54 Å². The first-order valence-electron chi connectivity index (χ1n) is 9.04. The Kier molecular flexibility index (Phi) is 5.05. The number of nitrogens with zero attached hydrogens (tertiary/aromatic N) is 2. The van der Waals surface area contributed by atoms with Gasteiger partial charge < -0.3 is 25.0 Å². The maximum absolute atomic E-state index is 15.4. The number of carboxylic acid groups (broad SMARTS) is 1. The lowest BCUT2D eigenvalue weighted by molar-refractivity contribution is 0.144. The summed E-state index contributed by atoms with van der Waals surface area (Å²) >= 11 is 0. The van der Waals surface area contributed by atoms with Gasteiger partial charge in [0.2, 0.25) is 5.43 Å². The average molecular weight is 395 g/mol. The lowest BCUT2D eigenvalue weighted by atomic mass is 9.88. The maximum Gasteiger partial charge on any atom is 0.511 e. The van der Waals surface area contributed by atoms with Gasteiger partial charge in [-0.1, -0.05) is 0 Å². The van der Waals surface area contributed by atoms with Gasteiger partial charge in [-0.25, -0.2) is 13.6 Å². The summed E-state index contributed by atoms with van der Waals surface area (Å²) in [6.45, 7) is 6.54. The van der Waals surface area contributed by atoms with E-state index in [2.05, 4.69) is 4.74 Å². The van der Waals surface area contributed by atoms with Crippen LogP contribution in [0.2, 0.25) is 0 Å². The molecule has 1 fully saturated rings. The molecule has 0 radical (unpaired) electrons. The second-order valence-electron chi connectivity index (χ2n) is 7.65. The molecular weight excluding hydrogens is 372 g/mol. The highest BCUT2D eigenvalue weighted by Crippen LogP contribution is 2.35. The van der Waals surface area contributed by atoms with Crippen molar-refractivity contribution in [2.45, 2.75) is 39.3 Å². The van der Waals surface area contributed by atoms with Crippen LogP contribution in [0, 0.1) is 17.6 Å². The smallest absolute Gasteiger partial charge is 0.449 e. The molecule has 3 N–H and O–H groups in total. The Morgan fingerprint density at radius 2 is 2.11 bits per heavy atom. The summed E-state index contributed by atoms with van der Waals surface area (Å²) in [5.41, 5.74) is 4.50. The van der Waals surface area contributed by atoms with E-state index in [1.807, 2.05) is 13.8 Å². The van der Waals surface area contributed by atoms with Crippen molar-refractivity contribution < 1.29 is 23.4 Å². The fourth-order valence-electron chi connectivity index (χ4n) is 3.73. The molecule has 2 aromatic rings. The van der Waals surface area contributed by atoms with Crippen LogP contribution in [0.1, 0.15) is 27.2 Å². The highest BCUT2D eigenvalue weighted by molar-refractivity contribution is 5.85. The second kappa shape index (κ2) is 7.05. The summed E-state index contributed by atoms with van der Waals surface area (Å²) < 4.78 is 36.1. The zero-order valence-corrected chi connectivity index (χ0v) is 16.0. The van der Waals surface area contributed by atoms with Crippen molar-refractivity contribution in [2.24, 2.45) is 11.7 Å². The molecule has 2 heterocycles. The Morgan fingerprint density at radius 1 is 1.43 bits per heavy atom. The molecule has 1 unspecified atom stereocenters. The number of ether oxygens (including phenoxy) is 1. The minimum Gasteiger partial charge on any atom is -0.449 e. The van der Waals surface area contributed by atoms with E-state index in [0.717, 1.165) is 12.3 Å². The van der Waals surface area contributed by atoms with Gasteiger partial charge in [-0.05, 0) is 39.2 Å². The van der Waals surface area contributed by atoms with E-state index >= 15 is 4.39 Å². The lowest BCUT2D eigenvalue weighted by Crippen LogP contribution is -2.42. The normalized spacial score (nSPS) is 17.4. The summed E-state index contributed by atoms with van der Waals surface area (Å²) in [4.78, 5) is 24.9. The number of benzene rings is 1. The molecule has 1 aromatic heterocycles. The first-order chi connectivity index (χ1) is 13.0. The highest BCUT2D eigenvalue weighted by Gasteiger charge is 2.35. The van der Waals surface area contributed by atoms with E-state index in [0.29, 0.717) is 19.5 Å². The molecule has 1 saturated heterocycles. The fourth-order valence-corrected chi connectivity index (χ4v) is 3.73. The van der Waals surface area contributed by atoms with Gasteiger partial charge in [-0.15, -0.1) is 0 Å². The largest absolute Gasteiger partial charge is 0.511 e. The van der Waals surface area contributed by atoms with E-state index in [9.17, 15) is 14.0 Å². The third-order valence-electron chi connectivity index (χ3n) is 5.29. The number of aromatic nitrogens is 1. The van der Waals surface area contributed by atoms with Gasteiger partial charge in [-0.3, -0.25) is 4.79 Å². The third kappa shape index (κ3) is 3.42. The monoisotopic (exact) mass is 395 g/mol. The number of aryl methyl sites for hydroxylation is 1. The van der Waals surface area contributed by atoms with Crippen molar-refractivity contribution in [2.75, 3.05) is 18.0 Å². The number of nitrogens with two attached hydrogens (primary N) is 1. The molecule has 0 saturated carbocycles. The van der Waals surface area contributed by atoms with Crippen LogP contribution in [0.3, 0.4) is 0 Å². The van der Waals surface area contributed by atoms with E-state index in [1.54, 1.807) is 11.8 Å². The molecule has 0 bridgehead atoms. The predicted octanol–water partition coefficient (Wildman–Crippen LogP) is 2.92. The van der Waals surface area contributed by atoms with Crippen LogP contribution in [-0.4, -0.2) is 34.5 Å². The summed E-state index contributed by atoms with van der Waals surface area (Å²) in [5, 5.41) is 8.51. The second-order valence-corrected chi connectivity index (χ2v) is 7.65. The Morgan fingerprint density at radius 3 is 2.64 bits per heavy atom. The summed E-state index contributed by atoms with van der Waals surface area (Å²) in [6.07, 6.45) is 0.148. The summed E-state index contributed by atoms with van der Waals surface area (Å²) in [5.74, 6) is -2.17. The first kappa shape index (κ1) is 20.1. The predicted molar refractivity (Wildman–Crippen MR) is 101 cm³/mol. The van der Waals surface area contributed by atoms with Crippen LogP contribution in [0.5, 0.6) is 5.75 Å². The van der Waals surface area contributed by atoms with E-state index in [-0.39, 0.29) is 29.1 Å². The van der Waals surface area contributed by atoms with Gasteiger partial charge in [-0.2, -0.15) is 0 Å². The summed E-state index contributed by atoms with van der Waals surface area (Å²) in [6, 6.07) is 0.942. The molecule has 1 aliphatic rings. The zero-order chi connectivity index (χ0) is 20.8. The molecule has 9 heteroatoms. The number of halogens is 2. The highest BCUT2D eigenvalue weighted by atomic mass is 19.1. The molecule has 0 spiro atoms. The molecule has 0 amide bonds. The van der Waals surface area contributed by atoms with Crippen molar-refractivity contribution in [3.05, 3.63) is 34.1 Å². The number of hydrogen-bond donors (Lipinski definition) is 2. The van der Waals surface area contributed by atoms with Crippen LogP contribution >= 0.6 is 0 Å². The minimum absolute atomic E-state index is 0.0710. The number of anilines is 1. The SMILES string of the molecule is CCn1cc(OC(=O)O)c(=O)c2cc(F)c(N3CCC(C(C)(C)N)C3)c(F)c21. The van der Waals surface area contributed by atoms with Crippen LogP contribution in [0.25, 0.3) is 10.9 Å². The van der Waals surface area contributed by atoms with Gasteiger partial charge in [0.1, 0.15) is 11.5 Å². The Bertz CT molecular complexity index is 998. The molecule has 1 aromatic carbocycles. The van der Waals surface area contributed by atoms with E-state index in [4.69, 9.17) is 10.8 Å². The van der Waals surface area contributed by atoms with Gasteiger partial charge in [0, 0.05) is 25.2 Å². The molecule has 7 nitrogen and oxygen atoms in total. The number of rotatable bonds is 4. The number of pyridine rings is 1. The maximum atomic E-state index is 15.4. The van der Waals surface area contributed by atoms with Crippen LogP contribution < -0.4 is 20.8 Å². The fraction of sp³-hybridized carbons (Fsp3) is 0.474. The van der Waals surface area contributed by atoms with Gasteiger partial charge >= 0.3 is 6.16 Å².